The van der Waals surface area contributed by atoms with Gasteiger partial charge >= 0.3 is 0 Å². The van der Waals surface area contributed by atoms with Crippen molar-refractivity contribution >= 4 is 40.1 Å². The van der Waals surface area contributed by atoms with Crippen LogP contribution in [0.5, 0.6) is 0 Å². The lowest BCUT2D eigenvalue weighted by atomic mass is 10.2. The number of nitrogens with one attached hydrogen (secondary N) is 1. The maximum Gasteiger partial charge on any atom is 0.241 e. The smallest absolute Gasteiger partial charge is 0.241 e. The molecular formula is C13H20N2O2S2. The molecule has 1 fully saturated rings. The van der Waals surface area contributed by atoms with Crippen molar-refractivity contribution in [2.75, 3.05) is 13.1 Å². The van der Waals surface area contributed by atoms with Crippen molar-refractivity contribution in [2.24, 2.45) is 0 Å². The summed E-state index contributed by atoms with van der Waals surface area (Å²) >= 11 is 6.61. The number of thiocarbonyl (C=S) groups is 1. The number of carbonyl (C=O) groups is 2. The van der Waals surface area contributed by atoms with Crippen molar-refractivity contribution in [3.05, 3.63) is 12.7 Å². The Hall–Kier alpha value is -0.880. The molecule has 0 saturated carbocycles. The molecule has 1 N–H and O–H groups in total. The van der Waals surface area contributed by atoms with Crippen molar-refractivity contribution in [1.29, 1.82) is 0 Å². The molecule has 0 aromatic rings. The minimum atomic E-state index is -0.0443. The number of unbranched alkanes of at least 4 members (excludes halogenated alkanes) is 2. The molecule has 106 valence electrons. The minimum Gasteiger partial charge on any atom is -0.353 e. The maximum atomic E-state index is 11.8. The van der Waals surface area contributed by atoms with Crippen molar-refractivity contribution in [1.82, 2.24) is 10.2 Å². The number of hydrogen-bond acceptors (Lipinski definition) is 4. The van der Waals surface area contributed by atoms with Crippen LogP contribution >= 0.6 is 24.0 Å². The largest absolute Gasteiger partial charge is 0.353 e. The van der Waals surface area contributed by atoms with Crippen molar-refractivity contribution < 1.29 is 9.59 Å². The number of hydrogen-bond donors (Lipinski definition) is 1. The zero-order valence-electron chi connectivity index (χ0n) is 11.2. The third-order valence-corrected chi connectivity index (χ3v) is 4.33. The summed E-state index contributed by atoms with van der Waals surface area (Å²) in [5, 5.41) is 2.69. The van der Waals surface area contributed by atoms with Gasteiger partial charge < -0.3 is 5.32 Å². The summed E-state index contributed by atoms with van der Waals surface area (Å²) in [5.41, 5.74) is 0. The first kappa shape index (κ1) is 16.2. The highest BCUT2D eigenvalue weighted by molar-refractivity contribution is 8.24. The normalized spacial score (nSPS) is 18.8. The third-order valence-electron chi connectivity index (χ3n) is 2.84. The summed E-state index contributed by atoms with van der Waals surface area (Å²) in [7, 11) is 0. The zero-order chi connectivity index (χ0) is 14.3. The average Bonchev–Trinajstić information content (AvgIpc) is 2.62. The lowest BCUT2D eigenvalue weighted by Crippen LogP contribution is -2.31. The van der Waals surface area contributed by atoms with Gasteiger partial charge in [0.2, 0.25) is 11.8 Å². The van der Waals surface area contributed by atoms with Crippen LogP contribution in [0.4, 0.5) is 0 Å². The van der Waals surface area contributed by atoms with E-state index in [-0.39, 0.29) is 17.1 Å². The van der Waals surface area contributed by atoms with Gasteiger partial charge in [-0.25, -0.2) is 0 Å². The number of amides is 2. The molecule has 0 radical (unpaired) electrons. The van der Waals surface area contributed by atoms with Crippen LogP contribution in [-0.4, -0.2) is 39.4 Å². The molecule has 1 heterocycles. The van der Waals surface area contributed by atoms with Crippen LogP contribution in [-0.2, 0) is 9.59 Å². The quantitative estimate of drug-likeness (QED) is 0.424. The minimum absolute atomic E-state index is 0.0443. The summed E-state index contributed by atoms with van der Waals surface area (Å²) in [4.78, 5) is 24.8. The standard InChI is InChI=1S/C13H20N2O2S2/c1-3-8-14-11(16)7-5-4-6-9-15-12(17)10(2)19-13(15)18/h3,10H,1,4-9H2,2H3,(H,14,16). The first-order valence-electron chi connectivity index (χ1n) is 6.46. The molecule has 0 aromatic heterocycles. The van der Waals surface area contributed by atoms with Crippen LogP contribution in [0.1, 0.15) is 32.6 Å². The molecule has 1 unspecified atom stereocenters. The molecule has 1 aliphatic rings. The lowest BCUT2D eigenvalue weighted by molar-refractivity contribution is -0.126. The molecule has 4 nitrogen and oxygen atoms in total. The van der Waals surface area contributed by atoms with E-state index in [0.717, 1.165) is 19.3 Å². The molecule has 1 aliphatic heterocycles. The predicted octanol–water partition coefficient (Wildman–Crippen LogP) is 2.10. The fourth-order valence-electron chi connectivity index (χ4n) is 1.78. The van der Waals surface area contributed by atoms with Crippen molar-refractivity contribution in [2.45, 2.75) is 37.9 Å². The van der Waals surface area contributed by atoms with Crippen LogP contribution in [0.25, 0.3) is 0 Å². The van der Waals surface area contributed by atoms with E-state index in [1.165, 1.54) is 11.8 Å². The lowest BCUT2D eigenvalue weighted by Gasteiger charge is -2.14. The fourth-order valence-corrected chi connectivity index (χ4v) is 3.24. The number of rotatable bonds is 8. The summed E-state index contributed by atoms with van der Waals surface area (Å²) in [6.45, 7) is 6.61. The summed E-state index contributed by atoms with van der Waals surface area (Å²) < 4.78 is 0.682. The SMILES string of the molecule is C=CCNC(=O)CCCCCN1C(=O)C(C)SC1=S. The van der Waals surface area contributed by atoms with Crippen LogP contribution in [0, 0.1) is 0 Å². The fraction of sp³-hybridized carbons (Fsp3) is 0.615. The van der Waals surface area contributed by atoms with Crippen LogP contribution < -0.4 is 5.32 Å². The second kappa shape index (κ2) is 8.32. The highest BCUT2D eigenvalue weighted by atomic mass is 32.2. The Balaban J connectivity index is 2.11. The molecule has 1 atom stereocenters. The molecule has 0 aliphatic carbocycles. The Morgan fingerprint density at radius 2 is 2.26 bits per heavy atom. The van der Waals surface area contributed by atoms with Gasteiger partial charge in [-0.3, -0.25) is 14.5 Å². The topological polar surface area (TPSA) is 49.4 Å². The predicted molar refractivity (Wildman–Crippen MR) is 83.0 cm³/mol. The van der Waals surface area contributed by atoms with E-state index < -0.39 is 0 Å². The molecule has 19 heavy (non-hydrogen) atoms. The summed E-state index contributed by atoms with van der Waals surface area (Å²) in [6.07, 6.45) is 4.83. The Labute approximate surface area is 124 Å². The maximum absolute atomic E-state index is 11.8. The van der Waals surface area contributed by atoms with Crippen LogP contribution in [0.3, 0.4) is 0 Å². The second-order valence-electron chi connectivity index (χ2n) is 4.42. The van der Waals surface area contributed by atoms with E-state index in [1.54, 1.807) is 11.0 Å². The Bertz CT molecular complexity index is 372. The van der Waals surface area contributed by atoms with Crippen LogP contribution in [0.15, 0.2) is 12.7 Å². The van der Waals surface area contributed by atoms with Crippen molar-refractivity contribution in [3.8, 4) is 0 Å². The second-order valence-corrected chi connectivity index (χ2v) is 6.39. The molecule has 6 heteroatoms. The van der Waals surface area contributed by atoms with Gasteiger partial charge in [-0.2, -0.15) is 0 Å². The number of carbonyl (C=O) groups excluding carboxylic acids is 2. The monoisotopic (exact) mass is 300 g/mol. The van der Waals surface area contributed by atoms with Gasteiger partial charge in [-0.15, -0.1) is 6.58 Å². The highest BCUT2D eigenvalue weighted by Crippen LogP contribution is 2.26. The zero-order valence-corrected chi connectivity index (χ0v) is 12.8. The third kappa shape index (κ3) is 5.32. The van der Waals surface area contributed by atoms with Gasteiger partial charge in [0.25, 0.3) is 0 Å². The molecule has 0 aromatic carbocycles. The molecule has 0 bridgehead atoms. The van der Waals surface area contributed by atoms with E-state index in [9.17, 15) is 9.59 Å². The summed E-state index contributed by atoms with van der Waals surface area (Å²) in [5.74, 6) is 0.163. The Morgan fingerprint density at radius 1 is 1.53 bits per heavy atom. The van der Waals surface area contributed by atoms with Crippen LogP contribution in [0.2, 0.25) is 0 Å². The molecule has 2 amide bonds. The molecule has 1 rings (SSSR count). The van der Waals surface area contributed by atoms with E-state index >= 15 is 0 Å². The van der Waals surface area contributed by atoms with E-state index in [2.05, 4.69) is 11.9 Å². The molecule has 1 saturated heterocycles. The first-order valence-corrected chi connectivity index (χ1v) is 7.74. The van der Waals surface area contributed by atoms with Gasteiger partial charge in [0, 0.05) is 19.5 Å². The first-order chi connectivity index (χ1) is 9.06. The van der Waals surface area contributed by atoms with Crippen molar-refractivity contribution in [3.63, 3.8) is 0 Å². The molecular weight excluding hydrogens is 280 g/mol. The van der Waals surface area contributed by atoms with E-state index in [4.69, 9.17) is 12.2 Å². The highest BCUT2D eigenvalue weighted by Gasteiger charge is 2.32. The Morgan fingerprint density at radius 3 is 2.84 bits per heavy atom. The van der Waals surface area contributed by atoms with Gasteiger partial charge in [0.05, 0.1) is 5.25 Å². The molecule has 0 spiro atoms. The Kier molecular flexibility index (Phi) is 7.09. The summed E-state index contributed by atoms with van der Waals surface area (Å²) in [6, 6.07) is 0. The van der Waals surface area contributed by atoms with E-state index in [0.29, 0.717) is 23.8 Å². The van der Waals surface area contributed by atoms with Gasteiger partial charge in [-0.05, 0) is 19.8 Å². The van der Waals surface area contributed by atoms with Gasteiger partial charge in [-0.1, -0.05) is 36.5 Å². The average molecular weight is 300 g/mol. The number of nitrogens with zero attached hydrogens (tertiary/aromatic N) is 1. The van der Waals surface area contributed by atoms with Gasteiger partial charge in [0.15, 0.2) is 0 Å². The van der Waals surface area contributed by atoms with E-state index in [1.807, 2.05) is 6.92 Å². The number of thioether (sulfide) groups is 1. The van der Waals surface area contributed by atoms with Gasteiger partial charge in [0.1, 0.15) is 4.32 Å².